The zero-order valence-electron chi connectivity index (χ0n) is 10.8. The molecular weight excluding hydrogens is 246 g/mol. The number of hydrogen-bond donors (Lipinski definition) is 1. The minimum Gasteiger partial charge on any atom is -0.347 e. The third-order valence-electron chi connectivity index (χ3n) is 3.16. The lowest BCUT2D eigenvalue weighted by molar-refractivity contribution is 0.0933. The molecule has 1 aliphatic rings. The van der Waals surface area contributed by atoms with Crippen LogP contribution in [0.5, 0.6) is 0 Å². The third kappa shape index (κ3) is 3.22. The summed E-state index contributed by atoms with van der Waals surface area (Å²) in [6, 6.07) is 0.283. The largest absolute Gasteiger partial charge is 0.347 e. The molecule has 1 N–H and O–H groups in total. The average molecular weight is 265 g/mol. The summed E-state index contributed by atoms with van der Waals surface area (Å²) < 4.78 is 0. The van der Waals surface area contributed by atoms with Crippen LogP contribution >= 0.6 is 11.8 Å². The lowest BCUT2D eigenvalue weighted by atomic mass is 10.2. The molecule has 2 rings (SSSR count). The van der Waals surface area contributed by atoms with Crippen molar-refractivity contribution in [2.75, 3.05) is 5.75 Å². The van der Waals surface area contributed by atoms with E-state index in [1.807, 2.05) is 18.7 Å². The molecule has 0 spiro atoms. The summed E-state index contributed by atoms with van der Waals surface area (Å²) in [6.45, 7) is 4.02. The van der Waals surface area contributed by atoms with Gasteiger partial charge in [-0.15, -0.1) is 0 Å². The van der Waals surface area contributed by atoms with Crippen molar-refractivity contribution >= 4 is 17.7 Å². The van der Waals surface area contributed by atoms with E-state index in [1.165, 1.54) is 12.8 Å². The Morgan fingerprint density at radius 1 is 1.44 bits per heavy atom. The van der Waals surface area contributed by atoms with E-state index in [0.29, 0.717) is 10.9 Å². The molecule has 0 unspecified atom stereocenters. The standard InChI is InChI=1S/C13H19N3OS/c1-3-18-12-6-4-5-10(12)16-13(17)11-8-14-9(2)7-15-11/h7-8,10,12H,3-6H2,1-2H3,(H,16,17)/t10-,12+/m1/s1. The van der Waals surface area contributed by atoms with Gasteiger partial charge in [0.1, 0.15) is 5.69 Å². The van der Waals surface area contributed by atoms with E-state index in [2.05, 4.69) is 22.2 Å². The molecule has 1 aromatic heterocycles. The van der Waals surface area contributed by atoms with Crippen molar-refractivity contribution < 1.29 is 4.79 Å². The Kier molecular flexibility index (Phi) is 4.58. The number of nitrogens with zero attached hydrogens (tertiary/aromatic N) is 2. The minimum absolute atomic E-state index is 0.101. The van der Waals surface area contributed by atoms with Crippen LogP contribution in [0.25, 0.3) is 0 Å². The highest BCUT2D eigenvalue weighted by Gasteiger charge is 2.28. The second kappa shape index (κ2) is 6.18. The van der Waals surface area contributed by atoms with Crippen molar-refractivity contribution in [3.05, 3.63) is 23.8 Å². The molecular formula is C13H19N3OS. The zero-order chi connectivity index (χ0) is 13.0. The topological polar surface area (TPSA) is 54.9 Å². The summed E-state index contributed by atoms with van der Waals surface area (Å²) >= 11 is 1.94. The molecule has 4 nitrogen and oxygen atoms in total. The first-order valence-electron chi connectivity index (χ1n) is 6.42. The maximum absolute atomic E-state index is 12.0. The summed E-state index contributed by atoms with van der Waals surface area (Å²) in [7, 11) is 0. The average Bonchev–Trinajstić information content (AvgIpc) is 2.78. The molecule has 0 saturated heterocycles. The molecule has 0 bridgehead atoms. The van der Waals surface area contributed by atoms with Crippen LogP contribution < -0.4 is 5.32 Å². The number of carbonyl (C=O) groups is 1. The van der Waals surface area contributed by atoms with Gasteiger partial charge in [-0.3, -0.25) is 9.78 Å². The highest BCUT2D eigenvalue weighted by atomic mass is 32.2. The Hall–Kier alpha value is -1.10. The van der Waals surface area contributed by atoms with E-state index in [1.54, 1.807) is 12.4 Å². The van der Waals surface area contributed by atoms with Crippen LogP contribution in [-0.4, -0.2) is 32.9 Å². The molecule has 1 amide bonds. The summed E-state index contributed by atoms with van der Waals surface area (Å²) in [5.41, 5.74) is 1.24. The van der Waals surface area contributed by atoms with E-state index in [0.717, 1.165) is 17.9 Å². The Labute approximate surface area is 112 Å². The highest BCUT2D eigenvalue weighted by molar-refractivity contribution is 7.99. The van der Waals surface area contributed by atoms with Crippen molar-refractivity contribution in [2.24, 2.45) is 0 Å². The highest BCUT2D eigenvalue weighted by Crippen LogP contribution is 2.29. The fraction of sp³-hybridized carbons (Fsp3) is 0.615. The molecule has 98 valence electrons. The number of hydrogen-bond acceptors (Lipinski definition) is 4. The van der Waals surface area contributed by atoms with E-state index >= 15 is 0 Å². The SMILES string of the molecule is CCS[C@H]1CCC[C@H]1NC(=O)c1cnc(C)cn1. The number of amides is 1. The van der Waals surface area contributed by atoms with Gasteiger partial charge in [-0.25, -0.2) is 4.98 Å². The van der Waals surface area contributed by atoms with Gasteiger partial charge >= 0.3 is 0 Å². The van der Waals surface area contributed by atoms with E-state index in [4.69, 9.17) is 0 Å². The van der Waals surface area contributed by atoms with Gasteiger partial charge in [-0.1, -0.05) is 13.3 Å². The maximum Gasteiger partial charge on any atom is 0.271 e. The Bertz CT molecular complexity index is 407. The van der Waals surface area contributed by atoms with E-state index in [-0.39, 0.29) is 11.9 Å². The predicted octanol–water partition coefficient (Wildman–Crippen LogP) is 2.19. The number of carbonyl (C=O) groups excluding carboxylic acids is 1. The van der Waals surface area contributed by atoms with Gasteiger partial charge in [0.05, 0.1) is 11.9 Å². The van der Waals surface area contributed by atoms with Crippen LogP contribution in [0.4, 0.5) is 0 Å². The molecule has 0 aliphatic heterocycles. The normalized spacial score (nSPS) is 23.0. The van der Waals surface area contributed by atoms with Crippen molar-refractivity contribution in [3.8, 4) is 0 Å². The smallest absolute Gasteiger partial charge is 0.271 e. The summed E-state index contributed by atoms with van der Waals surface area (Å²) in [4.78, 5) is 20.3. The Balaban J connectivity index is 1.96. The fourth-order valence-electron chi connectivity index (χ4n) is 2.26. The molecule has 0 radical (unpaired) electrons. The Morgan fingerprint density at radius 3 is 2.94 bits per heavy atom. The van der Waals surface area contributed by atoms with Gasteiger partial charge in [0.15, 0.2) is 0 Å². The molecule has 18 heavy (non-hydrogen) atoms. The summed E-state index contributed by atoms with van der Waals surface area (Å²) in [5.74, 6) is 0.998. The fourth-order valence-corrected chi connectivity index (χ4v) is 3.45. The van der Waals surface area contributed by atoms with Crippen LogP contribution in [0, 0.1) is 6.92 Å². The number of nitrogens with one attached hydrogen (secondary N) is 1. The number of thioether (sulfide) groups is 1. The summed E-state index contributed by atoms with van der Waals surface area (Å²) in [5, 5.41) is 3.64. The molecule has 1 aromatic rings. The van der Waals surface area contributed by atoms with Crippen molar-refractivity contribution in [1.82, 2.24) is 15.3 Å². The van der Waals surface area contributed by atoms with Crippen LogP contribution in [0.3, 0.4) is 0 Å². The third-order valence-corrected chi connectivity index (χ3v) is 4.49. The quantitative estimate of drug-likeness (QED) is 0.906. The first-order chi connectivity index (χ1) is 8.70. The maximum atomic E-state index is 12.0. The van der Waals surface area contributed by atoms with Gasteiger partial charge < -0.3 is 5.32 Å². The monoisotopic (exact) mass is 265 g/mol. The number of aromatic nitrogens is 2. The first kappa shape index (κ1) is 13.3. The van der Waals surface area contributed by atoms with Crippen LogP contribution in [0.1, 0.15) is 42.4 Å². The first-order valence-corrected chi connectivity index (χ1v) is 7.46. The molecule has 1 saturated carbocycles. The molecule has 1 aliphatic carbocycles. The van der Waals surface area contributed by atoms with Crippen LogP contribution in [0.2, 0.25) is 0 Å². The summed E-state index contributed by atoms with van der Waals surface area (Å²) in [6.07, 6.45) is 6.64. The van der Waals surface area contributed by atoms with Crippen LogP contribution in [-0.2, 0) is 0 Å². The van der Waals surface area contributed by atoms with E-state index in [9.17, 15) is 4.79 Å². The van der Waals surface area contributed by atoms with Crippen molar-refractivity contribution in [3.63, 3.8) is 0 Å². The second-order valence-corrected chi connectivity index (χ2v) is 6.06. The van der Waals surface area contributed by atoms with Gasteiger partial charge in [0, 0.05) is 17.5 Å². The van der Waals surface area contributed by atoms with Gasteiger partial charge in [-0.2, -0.15) is 11.8 Å². The second-order valence-electron chi connectivity index (χ2n) is 4.55. The van der Waals surface area contributed by atoms with Crippen molar-refractivity contribution in [2.45, 2.75) is 44.4 Å². The van der Waals surface area contributed by atoms with Crippen molar-refractivity contribution in [1.29, 1.82) is 0 Å². The minimum atomic E-state index is -0.101. The zero-order valence-corrected chi connectivity index (χ0v) is 11.7. The number of rotatable bonds is 4. The molecule has 2 atom stereocenters. The molecule has 1 heterocycles. The van der Waals surface area contributed by atoms with Gasteiger partial charge in [-0.05, 0) is 25.5 Å². The lowest BCUT2D eigenvalue weighted by Crippen LogP contribution is -2.39. The predicted molar refractivity (Wildman–Crippen MR) is 73.8 cm³/mol. The van der Waals surface area contributed by atoms with Gasteiger partial charge in [0.25, 0.3) is 5.91 Å². The van der Waals surface area contributed by atoms with E-state index < -0.39 is 0 Å². The Morgan fingerprint density at radius 2 is 2.28 bits per heavy atom. The molecule has 1 fully saturated rings. The lowest BCUT2D eigenvalue weighted by Gasteiger charge is -2.19. The molecule has 5 heteroatoms. The number of aryl methyl sites for hydroxylation is 1. The van der Waals surface area contributed by atoms with Gasteiger partial charge in [0.2, 0.25) is 0 Å². The van der Waals surface area contributed by atoms with Crippen LogP contribution in [0.15, 0.2) is 12.4 Å². The molecule has 0 aromatic carbocycles.